The van der Waals surface area contributed by atoms with E-state index in [1.54, 1.807) is 0 Å². The Kier molecular flexibility index (Phi) is 7.96. The molecular formula is C13H25NO4. The third kappa shape index (κ3) is 5.80. The van der Waals surface area contributed by atoms with E-state index in [2.05, 4.69) is 12.2 Å². The van der Waals surface area contributed by atoms with E-state index in [0.717, 1.165) is 32.6 Å². The molecule has 0 spiro atoms. The van der Waals surface area contributed by atoms with Gasteiger partial charge in [-0.1, -0.05) is 6.92 Å². The van der Waals surface area contributed by atoms with E-state index >= 15 is 0 Å². The molecule has 0 amide bonds. The van der Waals surface area contributed by atoms with Crippen LogP contribution in [-0.2, 0) is 19.0 Å². The molecule has 1 aliphatic heterocycles. The van der Waals surface area contributed by atoms with Gasteiger partial charge >= 0.3 is 5.97 Å². The van der Waals surface area contributed by atoms with Crippen LogP contribution in [0.15, 0.2) is 0 Å². The average molecular weight is 259 g/mol. The van der Waals surface area contributed by atoms with Gasteiger partial charge in [-0.05, 0) is 26.3 Å². The number of hydrogen-bond acceptors (Lipinski definition) is 5. The molecule has 1 fully saturated rings. The van der Waals surface area contributed by atoms with Gasteiger partial charge < -0.3 is 19.5 Å². The third-order valence-corrected chi connectivity index (χ3v) is 2.87. The SMILES string of the molecule is CCCNC(COCC1CCOC1)C(=O)OCC. The molecule has 5 heteroatoms. The summed E-state index contributed by atoms with van der Waals surface area (Å²) in [5.41, 5.74) is 0. The zero-order chi connectivity index (χ0) is 13.2. The van der Waals surface area contributed by atoms with Gasteiger partial charge in [0.15, 0.2) is 0 Å². The lowest BCUT2D eigenvalue weighted by Crippen LogP contribution is -2.42. The van der Waals surface area contributed by atoms with E-state index in [0.29, 0.717) is 25.7 Å². The number of esters is 1. The quantitative estimate of drug-likeness (QED) is 0.625. The summed E-state index contributed by atoms with van der Waals surface area (Å²) in [7, 11) is 0. The number of ether oxygens (including phenoxy) is 3. The predicted octanol–water partition coefficient (Wildman–Crippen LogP) is 0.971. The summed E-state index contributed by atoms with van der Waals surface area (Å²) in [5, 5.41) is 3.15. The molecule has 1 heterocycles. The maximum absolute atomic E-state index is 11.7. The van der Waals surface area contributed by atoms with Gasteiger partial charge in [0.25, 0.3) is 0 Å². The van der Waals surface area contributed by atoms with Crippen LogP contribution in [0.2, 0.25) is 0 Å². The summed E-state index contributed by atoms with van der Waals surface area (Å²) in [6, 6.07) is -0.354. The van der Waals surface area contributed by atoms with Gasteiger partial charge in [0, 0.05) is 12.5 Å². The van der Waals surface area contributed by atoms with Gasteiger partial charge in [-0.25, -0.2) is 0 Å². The van der Waals surface area contributed by atoms with Crippen molar-refractivity contribution in [3.8, 4) is 0 Å². The number of carbonyl (C=O) groups excluding carboxylic acids is 1. The van der Waals surface area contributed by atoms with E-state index in [-0.39, 0.29) is 12.0 Å². The van der Waals surface area contributed by atoms with E-state index in [1.165, 1.54) is 0 Å². The molecule has 2 unspecified atom stereocenters. The van der Waals surface area contributed by atoms with Crippen LogP contribution < -0.4 is 5.32 Å². The van der Waals surface area contributed by atoms with Gasteiger partial charge in [-0.15, -0.1) is 0 Å². The fourth-order valence-corrected chi connectivity index (χ4v) is 1.84. The van der Waals surface area contributed by atoms with Gasteiger partial charge in [0.05, 0.1) is 26.4 Å². The first-order valence-electron chi connectivity index (χ1n) is 6.83. The minimum Gasteiger partial charge on any atom is -0.465 e. The molecule has 2 atom stereocenters. The van der Waals surface area contributed by atoms with Crippen molar-refractivity contribution in [1.82, 2.24) is 5.32 Å². The monoisotopic (exact) mass is 259 g/mol. The van der Waals surface area contributed by atoms with Crippen LogP contribution >= 0.6 is 0 Å². The molecule has 0 aliphatic carbocycles. The molecule has 0 aromatic rings. The fraction of sp³-hybridized carbons (Fsp3) is 0.923. The molecule has 0 aromatic heterocycles. The maximum Gasteiger partial charge on any atom is 0.325 e. The Morgan fingerprint density at radius 2 is 2.33 bits per heavy atom. The summed E-state index contributed by atoms with van der Waals surface area (Å²) >= 11 is 0. The second-order valence-corrected chi connectivity index (χ2v) is 4.53. The van der Waals surface area contributed by atoms with Crippen molar-refractivity contribution >= 4 is 5.97 Å². The molecule has 18 heavy (non-hydrogen) atoms. The Hall–Kier alpha value is -0.650. The molecule has 1 saturated heterocycles. The number of nitrogens with one attached hydrogen (secondary N) is 1. The standard InChI is InChI=1S/C13H25NO4/c1-3-6-14-12(13(15)18-4-2)10-17-9-11-5-7-16-8-11/h11-12,14H,3-10H2,1-2H3. The number of rotatable bonds is 9. The second-order valence-electron chi connectivity index (χ2n) is 4.53. The molecule has 0 saturated carbocycles. The van der Waals surface area contributed by atoms with Crippen molar-refractivity contribution in [3.05, 3.63) is 0 Å². The highest BCUT2D eigenvalue weighted by atomic mass is 16.5. The topological polar surface area (TPSA) is 56.8 Å². The molecule has 5 nitrogen and oxygen atoms in total. The lowest BCUT2D eigenvalue weighted by molar-refractivity contribution is -0.147. The van der Waals surface area contributed by atoms with Gasteiger partial charge in [0.2, 0.25) is 0 Å². The Morgan fingerprint density at radius 1 is 1.50 bits per heavy atom. The first-order valence-corrected chi connectivity index (χ1v) is 6.83. The van der Waals surface area contributed by atoms with Crippen LogP contribution in [0.3, 0.4) is 0 Å². The summed E-state index contributed by atoms with van der Waals surface area (Å²) in [5.74, 6) is 0.243. The van der Waals surface area contributed by atoms with Crippen LogP contribution in [0.5, 0.6) is 0 Å². The molecule has 1 rings (SSSR count). The highest BCUT2D eigenvalue weighted by Crippen LogP contribution is 2.12. The minimum absolute atomic E-state index is 0.228. The van der Waals surface area contributed by atoms with Crippen molar-refractivity contribution in [1.29, 1.82) is 0 Å². The highest BCUT2D eigenvalue weighted by Gasteiger charge is 2.21. The molecule has 1 aliphatic rings. The molecule has 1 N–H and O–H groups in total. The van der Waals surface area contributed by atoms with Crippen LogP contribution in [-0.4, -0.2) is 51.6 Å². The second kappa shape index (κ2) is 9.30. The Morgan fingerprint density at radius 3 is 2.94 bits per heavy atom. The van der Waals surface area contributed by atoms with E-state index < -0.39 is 0 Å². The van der Waals surface area contributed by atoms with E-state index in [9.17, 15) is 4.79 Å². The lowest BCUT2D eigenvalue weighted by atomic mass is 10.1. The lowest BCUT2D eigenvalue weighted by Gasteiger charge is -2.18. The average Bonchev–Trinajstić information content (AvgIpc) is 2.86. The summed E-state index contributed by atoms with van der Waals surface area (Å²) in [6.07, 6.45) is 2.03. The van der Waals surface area contributed by atoms with E-state index in [1.807, 2.05) is 6.92 Å². The van der Waals surface area contributed by atoms with Crippen LogP contribution in [0.4, 0.5) is 0 Å². The first kappa shape index (κ1) is 15.4. The predicted molar refractivity (Wildman–Crippen MR) is 68.5 cm³/mol. The Balaban J connectivity index is 2.23. The Labute approximate surface area is 109 Å². The summed E-state index contributed by atoms with van der Waals surface area (Å²) in [4.78, 5) is 11.7. The van der Waals surface area contributed by atoms with Gasteiger partial charge in [-0.2, -0.15) is 0 Å². The number of hydrogen-bond donors (Lipinski definition) is 1. The molecule has 0 bridgehead atoms. The third-order valence-electron chi connectivity index (χ3n) is 2.87. The molecule has 106 valence electrons. The minimum atomic E-state index is -0.354. The van der Waals surface area contributed by atoms with Crippen molar-refractivity contribution in [3.63, 3.8) is 0 Å². The van der Waals surface area contributed by atoms with Gasteiger partial charge in [0.1, 0.15) is 6.04 Å². The normalized spacial score (nSPS) is 20.9. The molecular weight excluding hydrogens is 234 g/mol. The van der Waals surface area contributed by atoms with Crippen LogP contribution in [0.1, 0.15) is 26.7 Å². The van der Waals surface area contributed by atoms with Crippen molar-refractivity contribution in [2.24, 2.45) is 5.92 Å². The highest BCUT2D eigenvalue weighted by molar-refractivity contribution is 5.75. The van der Waals surface area contributed by atoms with Gasteiger partial charge in [-0.3, -0.25) is 4.79 Å². The maximum atomic E-state index is 11.7. The largest absolute Gasteiger partial charge is 0.465 e. The van der Waals surface area contributed by atoms with Crippen LogP contribution in [0.25, 0.3) is 0 Å². The van der Waals surface area contributed by atoms with Crippen molar-refractivity contribution in [2.45, 2.75) is 32.7 Å². The summed E-state index contributed by atoms with van der Waals surface area (Å²) < 4.78 is 15.9. The first-order chi connectivity index (χ1) is 8.77. The van der Waals surface area contributed by atoms with Crippen LogP contribution in [0, 0.1) is 5.92 Å². The molecule has 0 radical (unpaired) electrons. The summed E-state index contributed by atoms with van der Waals surface area (Å²) in [6.45, 7) is 7.69. The van der Waals surface area contributed by atoms with Crippen molar-refractivity contribution in [2.75, 3.05) is 39.6 Å². The molecule has 0 aromatic carbocycles. The Bertz CT molecular complexity index is 229. The zero-order valence-corrected chi connectivity index (χ0v) is 11.4. The number of carbonyl (C=O) groups is 1. The smallest absolute Gasteiger partial charge is 0.325 e. The van der Waals surface area contributed by atoms with Crippen molar-refractivity contribution < 1.29 is 19.0 Å². The fourth-order valence-electron chi connectivity index (χ4n) is 1.84. The van der Waals surface area contributed by atoms with E-state index in [4.69, 9.17) is 14.2 Å². The zero-order valence-electron chi connectivity index (χ0n) is 11.4.